The first-order valence-electron chi connectivity index (χ1n) is 5.81. The fraction of sp³-hybridized carbons (Fsp3) is 0.429. The Morgan fingerprint density at radius 2 is 1.94 bits per heavy atom. The summed E-state index contributed by atoms with van der Waals surface area (Å²) < 4.78 is 5.20. The molecule has 0 amide bonds. The Balaban J connectivity index is 2.63. The Kier molecular flexibility index (Phi) is 5.29. The third kappa shape index (κ3) is 4.27. The molecule has 0 saturated heterocycles. The Hall–Kier alpha value is -1.22. The van der Waals surface area contributed by atoms with Gasteiger partial charge in [-0.25, -0.2) is 0 Å². The van der Waals surface area contributed by atoms with E-state index in [1.165, 1.54) is 0 Å². The molecule has 1 aromatic rings. The molecule has 92 valence electrons. The molecule has 0 fully saturated rings. The number of aryl methyl sites for hydroxylation is 1. The van der Waals surface area contributed by atoms with Crippen LogP contribution in [0.15, 0.2) is 24.3 Å². The molecule has 0 aromatic heterocycles. The van der Waals surface area contributed by atoms with Crippen molar-refractivity contribution >= 4 is 23.1 Å². The van der Waals surface area contributed by atoms with Gasteiger partial charge in [0.25, 0.3) is 0 Å². The maximum atomic E-state index is 12.1. The van der Waals surface area contributed by atoms with E-state index in [9.17, 15) is 4.79 Å². The fourth-order valence-corrected chi connectivity index (χ4v) is 1.93. The summed E-state index contributed by atoms with van der Waals surface area (Å²) in [6, 6.07) is 7.61. The molecule has 2 nitrogen and oxygen atoms in total. The first kappa shape index (κ1) is 13.8. The van der Waals surface area contributed by atoms with E-state index in [4.69, 9.17) is 17.0 Å². The summed E-state index contributed by atoms with van der Waals surface area (Å²) >= 11 is 5.04. The van der Waals surface area contributed by atoms with Gasteiger partial charge in [0.2, 0.25) is 0 Å². The standard InChI is InChI=1S/C14H18O2S/c1-4-16-13(17)9-11(3)14(15)12-7-5-10(2)6-8-12/h5-8,11H,4,9H2,1-3H3. The smallest absolute Gasteiger partial charge is 0.166 e. The van der Waals surface area contributed by atoms with Gasteiger partial charge in [-0.15, -0.1) is 0 Å². The first-order chi connectivity index (χ1) is 8.04. The largest absolute Gasteiger partial charge is 0.487 e. The molecule has 1 rings (SSSR count). The van der Waals surface area contributed by atoms with Gasteiger partial charge in [0, 0.05) is 17.9 Å². The van der Waals surface area contributed by atoms with E-state index >= 15 is 0 Å². The van der Waals surface area contributed by atoms with Crippen molar-refractivity contribution in [2.75, 3.05) is 6.61 Å². The molecule has 0 bridgehead atoms. The second-order valence-electron chi connectivity index (χ2n) is 4.14. The van der Waals surface area contributed by atoms with Crippen LogP contribution in [0.3, 0.4) is 0 Å². The maximum absolute atomic E-state index is 12.1. The number of Topliss-reactive ketones (excluding diaryl/α,β-unsaturated/α-hetero) is 1. The van der Waals surface area contributed by atoms with E-state index in [0.29, 0.717) is 18.1 Å². The van der Waals surface area contributed by atoms with Gasteiger partial charge in [0.1, 0.15) is 0 Å². The van der Waals surface area contributed by atoms with Gasteiger partial charge in [-0.05, 0) is 26.1 Å². The first-order valence-corrected chi connectivity index (χ1v) is 6.22. The lowest BCUT2D eigenvalue weighted by molar-refractivity contribution is 0.0930. The molecule has 17 heavy (non-hydrogen) atoms. The van der Waals surface area contributed by atoms with Crippen LogP contribution >= 0.6 is 12.2 Å². The third-order valence-corrected chi connectivity index (χ3v) is 2.85. The Bertz CT molecular complexity index is 395. The number of hydrogen-bond donors (Lipinski definition) is 0. The zero-order valence-corrected chi connectivity index (χ0v) is 11.3. The van der Waals surface area contributed by atoms with Crippen LogP contribution in [0, 0.1) is 12.8 Å². The number of thiocarbonyl (C=S) groups is 1. The van der Waals surface area contributed by atoms with Crippen LogP contribution in [0.2, 0.25) is 0 Å². The quantitative estimate of drug-likeness (QED) is 0.590. The summed E-state index contributed by atoms with van der Waals surface area (Å²) in [7, 11) is 0. The van der Waals surface area contributed by atoms with Crippen LogP contribution in [0.1, 0.15) is 36.2 Å². The van der Waals surface area contributed by atoms with Crippen molar-refractivity contribution in [2.24, 2.45) is 5.92 Å². The van der Waals surface area contributed by atoms with Crippen molar-refractivity contribution in [3.8, 4) is 0 Å². The van der Waals surface area contributed by atoms with Gasteiger partial charge in [0.15, 0.2) is 10.8 Å². The summed E-state index contributed by atoms with van der Waals surface area (Å²) in [5, 5.41) is 0.514. The number of hydrogen-bond acceptors (Lipinski definition) is 3. The number of benzene rings is 1. The Morgan fingerprint density at radius 3 is 2.47 bits per heavy atom. The van der Waals surface area contributed by atoms with Crippen LogP contribution in [-0.2, 0) is 4.74 Å². The van der Waals surface area contributed by atoms with E-state index in [2.05, 4.69) is 0 Å². The molecule has 1 aromatic carbocycles. The number of rotatable bonds is 5. The predicted octanol–water partition coefficient (Wildman–Crippen LogP) is 3.57. The SMILES string of the molecule is CCOC(=S)CC(C)C(=O)c1ccc(C)cc1. The summed E-state index contributed by atoms with van der Waals surface area (Å²) in [6.45, 7) is 6.33. The highest BCUT2D eigenvalue weighted by atomic mass is 32.1. The molecule has 0 saturated carbocycles. The molecule has 0 spiro atoms. The fourth-order valence-electron chi connectivity index (χ4n) is 1.56. The normalized spacial score (nSPS) is 11.9. The second kappa shape index (κ2) is 6.50. The average Bonchev–Trinajstić information content (AvgIpc) is 2.29. The molecule has 0 heterocycles. The van der Waals surface area contributed by atoms with Crippen molar-refractivity contribution in [2.45, 2.75) is 27.2 Å². The van der Waals surface area contributed by atoms with E-state index < -0.39 is 0 Å². The number of carbonyl (C=O) groups is 1. The summed E-state index contributed by atoms with van der Waals surface area (Å²) in [5.41, 5.74) is 1.89. The highest BCUT2D eigenvalue weighted by molar-refractivity contribution is 7.80. The summed E-state index contributed by atoms with van der Waals surface area (Å²) in [6.07, 6.45) is 0.510. The Labute approximate surface area is 108 Å². The van der Waals surface area contributed by atoms with Gasteiger partial charge in [-0.3, -0.25) is 4.79 Å². The van der Waals surface area contributed by atoms with Gasteiger partial charge in [-0.2, -0.15) is 0 Å². The van der Waals surface area contributed by atoms with Crippen LogP contribution in [0.4, 0.5) is 0 Å². The minimum absolute atomic E-state index is 0.118. The zero-order valence-electron chi connectivity index (χ0n) is 10.5. The number of ketones is 1. The molecule has 1 unspecified atom stereocenters. The zero-order chi connectivity index (χ0) is 12.8. The highest BCUT2D eigenvalue weighted by Crippen LogP contribution is 2.14. The molecular formula is C14H18O2S. The van der Waals surface area contributed by atoms with E-state index in [1.807, 2.05) is 45.0 Å². The van der Waals surface area contributed by atoms with Crippen molar-refractivity contribution < 1.29 is 9.53 Å². The molecule has 0 aliphatic rings. The van der Waals surface area contributed by atoms with Crippen molar-refractivity contribution in [1.82, 2.24) is 0 Å². The lowest BCUT2D eigenvalue weighted by Gasteiger charge is -2.11. The Morgan fingerprint density at radius 1 is 1.35 bits per heavy atom. The summed E-state index contributed by atoms with van der Waals surface area (Å²) in [4.78, 5) is 12.1. The van der Waals surface area contributed by atoms with Crippen molar-refractivity contribution in [3.63, 3.8) is 0 Å². The third-order valence-electron chi connectivity index (χ3n) is 2.56. The van der Waals surface area contributed by atoms with Crippen molar-refractivity contribution in [3.05, 3.63) is 35.4 Å². The minimum atomic E-state index is -0.128. The molecule has 0 N–H and O–H groups in total. The number of ether oxygens (including phenoxy) is 1. The minimum Gasteiger partial charge on any atom is -0.487 e. The van der Waals surface area contributed by atoms with Gasteiger partial charge >= 0.3 is 0 Å². The predicted molar refractivity (Wildman–Crippen MR) is 73.5 cm³/mol. The lowest BCUT2D eigenvalue weighted by atomic mass is 9.96. The topological polar surface area (TPSA) is 26.3 Å². The van der Waals surface area contributed by atoms with E-state index in [1.54, 1.807) is 0 Å². The monoisotopic (exact) mass is 250 g/mol. The van der Waals surface area contributed by atoms with Crippen LogP contribution in [0.5, 0.6) is 0 Å². The molecule has 3 heteroatoms. The van der Waals surface area contributed by atoms with Gasteiger partial charge < -0.3 is 4.74 Å². The number of carbonyl (C=O) groups excluding carboxylic acids is 1. The summed E-state index contributed by atoms with van der Waals surface area (Å²) in [5.74, 6) is -0.0104. The van der Waals surface area contributed by atoms with Gasteiger partial charge in [-0.1, -0.05) is 36.8 Å². The van der Waals surface area contributed by atoms with Crippen molar-refractivity contribution in [1.29, 1.82) is 0 Å². The molecule has 1 atom stereocenters. The average molecular weight is 250 g/mol. The highest BCUT2D eigenvalue weighted by Gasteiger charge is 2.17. The molecular weight excluding hydrogens is 232 g/mol. The second-order valence-corrected chi connectivity index (χ2v) is 4.60. The molecule has 0 radical (unpaired) electrons. The van der Waals surface area contributed by atoms with E-state index in [-0.39, 0.29) is 11.7 Å². The van der Waals surface area contributed by atoms with Crippen LogP contribution in [-0.4, -0.2) is 17.4 Å². The maximum Gasteiger partial charge on any atom is 0.166 e. The van der Waals surface area contributed by atoms with Crippen LogP contribution in [0.25, 0.3) is 0 Å². The van der Waals surface area contributed by atoms with Gasteiger partial charge in [0.05, 0.1) is 6.61 Å². The van der Waals surface area contributed by atoms with Crippen LogP contribution < -0.4 is 0 Å². The molecule has 0 aliphatic carbocycles. The lowest BCUT2D eigenvalue weighted by Crippen LogP contribution is -2.16. The molecule has 0 aliphatic heterocycles. The van der Waals surface area contributed by atoms with E-state index in [0.717, 1.165) is 11.1 Å².